The summed E-state index contributed by atoms with van der Waals surface area (Å²) in [6, 6.07) is 39.2. The van der Waals surface area contributed by atoms with Gasteiger partial charge in [-0.15, -0.1) is 12.4 Å². The van der Waals surface area contributed by atoms with Gasteiger partial charge >= 0.3 is 51.4 Å². The molecule has 2 amide bonds. The fourth-order valence-corrected chi connectivity index (χ4v) is 6.27. The van der Waals surface area contributed by atoms with Crippen LogP contribution in [0.5, 0.6) is 23.0 Å². The van der Waals surface area contributed by atoms with Gasteiger partial charge in [0, 0.05) is 35.1 Å². The van der Waals surface area contributed by atoms with Gasteiger partial charge in [0.05, 0.1) is 11.8 Å². The molecule has 0 aromatic heterocycles. The van der Waals surface area contributed by atoms with Crippen molar-refractivity contribution in [2.45, 2.75) is 51.1 Å². The van der Waals surface area contributed by atoms with Gasteiger partial charge in [-0.1, -0.05) is 113 Å². The number of carbonyl (C=O) groups is 2. The number of hydrogen-bond donors (Lipinski definition) is 1. The Bertz CT molecular complexity index is 1800. The van der Waals surface area contributed by atoms with Gasteiger partial charge in [-0.05, 0) is 60.1 Å². The van der Waals surface area contributed by atoms with Crippen LogP contribution in [0.2, 0.25) is 0 Å². The van der Waals surface area contributed by atoms with E-state index in [0.717, 1.165) is 59.6 Å². The number of ether oxygens (including phenoxy) is 4. The molecule has 53 heavy (non-hydrogen) atoms. The summed E-state index contributed by atoms with van der Waals surface area (Å²) in [6.45, 7) is 1.72. The number of amides is 2. The van der Waals surface area contributed by atoms with Crippen LogP contribution in [-0.4, -0.2) is 35.9 Å². The van der Waals surface area contributed by atoms with Gasteiger partial charge in [0.1, 0.15) is 48.4 Å². The van der Waals surface area contributed by atoms with E-state index in [2.05, 4.69) is 57.6 Å². The van der Waals surface area contributed by atoms with Crippen LogP contribution in [0.4, 0.5) is 0 Å². The second-order valence-corrected chi connectivity index (χ2v) is 12.9. The topological polar surface area (TPSA) is 111 Å². The number of aryl methyl sites for hydroxylation is 2. The van der Waals surface area contributed by atoms with E-state index < -0.39 is 11.8 Å². The Kier molecular flexibility index (Phi) is 17.4. The molecule has 8 rings (SSSR count). The molecule has 0 saturated carbocycles. The second-order valence-electron chi connectivity index (χ2n) is 12.3. The van der Waals surface area contributed by atoms with Gasteiger partial charge in [-0.3, -0.25) is 0 Å². The molecule has 0 aliphatic carbocycles. The van der Waals surface area contributed by atoms with Crippen molar-refractivity contribution < 1.29 is 79.9 Å². The number of nitrogens with two attached hydrogens (primary N) is 1. The fraction of sp³-hybridized carbons (Fsp3) is 0.238. The molecule has 3 aliphatic rings. The van der Waals surface area contributed by atoms with Gasteiger partial charge < -0.3 is 39.6 Å². The van der Waals surface area contributed by atoms with Gasteiger partial charge in [0.2, 0.25) is 0 Å². The molecule has 3 aliphatic heterocycles. The van der Waals surface area contributed by atoms with E-state index in [4.69, 9.17) is 24.7 Å². The Morgan fingerprint density at radius 1 is 0.642 bits per heavy atom. The van der Waals surface area contributed by atoms with Crippen LogP contribution in [0.3, 0.4) is 0 Å². The minimum absolute atomic E-state index is 0. The summed E-state index contributed by atoms with van der Waals surface area (Å²) in [5, 5.41) is 4.16. The van der Waals surface area contributed by atoms with E-state index in [9.17, 15) is 9.59 Å². The summed E-state index contributed by atoms with van der Waals surface area (Å²) in [5.41, 5.74) is 11.3. The van der Waals surface area contributed by atoms with Crippen molar-refractivity contribution in [2.75, 3.05) is 11.9 Å². The average molecular weight is 824 g/mol. The van der Waals surface area contributed by atoms with Crippen LogP contribution in [-0.2, 0) is 26.1 Å². The summed E-state index contributed by atoms with van der Waals surface area (Å²) in [6.07, 6.45) is 4.57. The average Bonchev–Trinajstić information content (AvgIpc) is 3.49. The fourth-order valence-electron chi connectivity index (χ4n) is 5.82. The molecule has 0 fully saturated rings. The van der Waals surface area contributed by atoms with E-state index >= 15 is 0 Å². The van der Waals surface area contributed by atoms with Crippen molar-refractivity contribution in [1.29, 1.82) is 0 Å². The maximum Gasteiger partial charge on any atom is 1.00 e. The molecule has 2 unspecified atom stereocenters. The molecule has 8 nitrogen and oxygen atoms in total. The summed E-state index contributed by atoms with van der Waals surface area (Å²) < 4.78 is 23.5. The Hall–Kier alpha value is -3.19. The number of benzene rings is 5. The molecule has 270 valence electrons. The van der Waals surface area contributed by atoms with Crippen molar-refractivity contribution in [3.05, 3.63) is 160 Å². The van der Waals surface area contributed by atoms with Crippen LogP contribution >= 0.6 is 28.3 Å². The van der Waals surface area contributed by atoms with Gasteiger partial charge in [-0.2, -0.15) is 0 Å². The molecule has 5 aromatic rings. The number of alkyl halides is 1. The van der Waals surface area contributed by atoms with Gasteiger partial charge in [0.25, 0.3) is 0 Å². The summed E-state index contributed by atoms with van der Waals surface area (Å²) >= 11 is 3.49. The molecule has 3 heterocycles. The first-order chi connectivity index (χ1) is 25.0. The van der Waals surface area contributed by atoms with E-state index in [1.807, 2.05) is 60.7 Å². The van der Waals surface area contributed by atoms with Crippen LogP contribution in [0.25, 0.3) is 5.32 Å². The van der Waals surface area contributed by atoms with Crippen molar-refractivity contribution >= 4 is 40.2 Å². The number of halogens is 2. The molecule has 5 aromatic carbocycles. The third-order valence-corrected chi connectivity index (χ3v) is 9.38. The van der Waals surface area contributed by atoms with Crippen molar-refractivity contribution in [3.63, 3.8) is 0 Å². The maximum atomic E-state index is 10.9. The minimum Gasteiger partial charge on any atom is -0.587 e. The first-order valence-corrected chi connectivity index (χ1v) is 18.2. The zero-order valence-electron chi connectivity index (χ0n) is 29.6. The second kappa shape index (κ2) is 21.6. The third-order valence-electron chi connectivity index (χ3n) is 8.66. The standard InChI is InChI=1S/C17H17BrO2.C17H19NO2.C8H5NO2.ClH.K/c2*18-11-16-9-7-14-6-8-15(10-17(14)20-16)19-12-13-4-2-1-3-5-13;10-7-5-3-1-2-4-6(5)8(11)9-7;;/h1-6,8,10,16H,7,9,11-12H2;1-6,8,10,16H,7,9,11-12,18H2;1-4H,(H,9,10,11);1H;/q;;;;+1/p-1. The third kappa shape index (κ3) is 12.2. The van der Waals surface area contributed by atoms with Crippen molar-refractivity contribution in [3.8, 4) is 23.0 Å². The monoisotopic (exact) mass is 822 g/mol. The van der Waals surface area contributed by atoms with Crippen molar-refractivity contribution in [1.82, 2.24) is 0 Å². The first-order valence-electron chi connectivity index (χ1n) is 17.1. The summed E-state index contributed by atoms with van der Waals surface area (Å²) in [4.78, 5) is 21.8. The zero-order valence-corrected chi connectivity index (χ0v) is 35.1. The summed E-state index contributed by atoms with van der Waals surface area (Å²) in [5.74, 6) is 2.73. The van der Waals surface area contributed by atoms with E-state index in [0.29, 0.717) is 30.9 Å². The molecular weight excluding hydrogens is 783 g/mol. The van der Waals surface area contributed by atoms with Crippen LogP contribution in [0, 0.1) is 0 Å². The van der Waals surface area contributed by atoms with Crippen LogP contribution in [0.15, 0.2) is 121 Å². The predicted octanol–water partition coefficient (Wildman–Crippen LogP) is 6.05. The maximum absolute atomic E-state index is 10.9. The Labute approximate surface area is 368 Å². The van der Waals surface area contributed by atoms with Gasteiger partial charge in [0.15, 0.2) is 0 Å². The number of carbonyl (C=O) groups excluding carboxylic acids is 2. The molecule has 0 spiro atoms. The van der Waals surface area contributed by atoms with Gasteiger partial charge in [-0.25, -0.2) is 0 Å². The number of rotatable bonds is 8. The molecule has 0 radical (unpaired) electrons. The first kappa shape index (κ1) is 42.5. The molecule has 2 N–H and O–H groups in total. The predicted molar refractivity (Wildman–Crippen MR) is 208 cm³/mol. The molecule has 11 heteroatoms. The Morgan fingerprint density at radius 2 is 1.08 bits per heavy atom. The normalized spacial score (nSPS) is 16.0. The number of fused-ring (bicyclic) bond motifs is 3. The van der Waals surface area contributed by atoms with Crippen molar-refractivity contribution in [2.24, 2.45) is 5.73 Å². The quantitative estimate of drug-likeness (QED) is 0.115. The molecule has 0 saturated heterocycles. The SMILES string of the molecule is BrCC1CCc2ccc(OCc3ccccc3)cc2O1.Cl.NCC1CCc2ccc(OCc3ccccc3)cc2O1.O=C1[N-]C(=O)c2ccccc21.[K+]. The number of nitrogens with zero attached hydrogens (tertiary/aromatic N) is 1. The Morgan fingerprint density at radius 3 is 1.53 bits per heavy atom. The van der Waals surface area contributed by atoms with E-state index in [-0.39, 0.29) is 76.0 Å². The molecule has 2 atom stereocenters. The minimum atomic E-state index is -0.425. The summed E-state index contributed by atoms with van der Waals surface area (Å²) in [7, 11) is 0. The zero-order chi connectivity index (χ0) is 35.4. The number of hydrogen-bond acceptors (Lipinski definition) is 7. The Balaban J connectivity index is 0.000000181. The largest absolute Gasteiger partial charge is 1.00 e. The molecular formula is C42H41BrClKN2O6. The number of imide groups is 1. The smallest absolute Gasteiger partial charge is 0.587 e. The van der Waals surface area contributed by atoms with E-state index in [1.54, 1.807) is 24.3 Å². The van der Waals surface area contributed by atoms with E-state index in [1.165, 1.54) is 16.7 Å². The molecule has 0 bridgehead atoms. The van der Waals surface area contributed by atoms with Crippen LogP contribution in [0.1, 0.15) is 55.8 Å². The van der Waals surface area contributed by atoms with Crippen LogP contribution < -0.4 is 76.1 Å².